The van der Waals surface area contributed by atoms with E-state index in [1.165, 1.54) is 0 Å². The zero-order valence-corrected chi connectivity index (χ0v) is 15.5. The first-order valence-corrected chi connectivity index (χ1v) is 8.96. The van der Waals surface area contributed by atoms with Gasteiger partial charge in [0.2, 0.25) is 0 Å². The Balaban J connectivity index is 1.78. The Labute approximate surface area is 155 Å². The van der Waals surface area contributed by atoms with E-state index in [4.69, 9.17) is 4.74 Å². The predicted molar refractivity (Wildman–Crippen MR) is 106 cm³/mol. The molecule has 0 aliphatic rings. The van der Waals surface area contributed by atoms with E-state index in [0.29, 0.717) is 6.42 Å². The maximum Gasteiger partial charge on any atom is 0.265 e. The molecular weight excluding hydrogens is 413 g/mol. The van der Waals surface area contributed by atoms with Gasteiger partial charge >= 0.3 is 0 Å². The second kappa shape index (κ2) is 7.66. The molecule has 0 aromatic heterocycles. The van der Waals surface area contributed by atoms with Crippen LogP contribution < -0.4 is 10.1 Å². The Hall–Kier alpha value is -2.08. The van der Waals surface area contributed by atoms with E-state index in [2.05, 4.69) is 27.9 Å². The summed E-state index contributed by atoms with van der Waals surface area (Å²) in [5.41, 5.74) is 0.778. The molecule has 0 radical (unpaired) electrons. The number of halogens is 1. The van der Waals surface area contributed by atoms with Crippen molar-refractivity contribution in [2.45, 2.75) is 19.4 Å². The van der Waals surface area contributed by atoms with Crippen LogP contribution >= 0.6 is 22.6 Å². The van der Waals surface area contributed by atoms with Crippen LogP contribution in [0.25, 0.3) is 10.8 Å². The van der Waals surface area contributed by atoms with Crippen molar-refractivity contribution in [2.75, 3.05) is 5.32 Å². The molecule has 0 saturated heterocycles. The van der Waals surface area contributed by atoms with Crippen molar-refractivity contribution in [3.05, 3.63) is 70.3 Å². The van der Waals surface area contributed by atoms with Crippen molar-refractivity contribution in [1.82, 2.24) is 0 Å². The van der Waals surface area contributed by atoms with Crippen LogP contribution in [0.2, 0.25) is 0 Å². The summed E-state index contributed by atoms with van der Waals surface area (Å²) in [5, 5.41) is 5.04. The van der Waals surface area contributed by atoms with Crippen molar-refractivity contribution in [3.63, 3.8) is 0 Å². The summed E-state index contributed by atoms with van der Waals surface area (Å²) < 4.78 is 7.15. The number of anilines is 1. The van der Waals surface area contributed by atoms with Gasteiger partial charge in [0.1, 0.15) is 5.75 Å². The Morgan fingerprint density at radius 3 is 2.50 bits per heavy atom. The Bertz CT molecular complexity index is 840. The number of fused-ring (bicyclic) bond motifs is 1. The molecule has 0 heterocycles. The summed E-state index contributed by atoms with van der Waals surface area (Å²) in [7, 11) is 0. The number of rotatable bonds is 5. The molecule has 3 aromatic rings. The van der Waals surface area contributed by atoms with Gasteiger partial charge in [0.25, 0.3) is 5.91 Å². The standard InChI is InChI=1S/C20H18INO2/c1-2-18(20(23)22-16-12-10-15(21)11-13-16)24-19-9-5-7-14-6-3-4-8-17(14)19/h3-13,18H,2H2,1H3,(H,22,23)/t18-/m0/s1. The fourth-order valence-electron chi connectivity index (χ4n) is 2.53. The summed E-state index contributed by atoms with van der Waals surface area (Å²) in [5.74, 6) is 0.601. The van der Waals surface area contributed by atoms with E-state index in [1.54, 1.807) is 0 Å². The van der Waals surface area contributed by atoms with Crippen LogP contribution in [0.4, 0.5) is 5.69 Å². The molecule has 0 bridgehead atoms. The minimum Gasteiger partial charge on any atom is -0.480 e. The molecule has 0 saturated carbocycles. The second-order valence-electron chi connectivity index (χ2n) is 5.49. The number of carbonyl (C=O) groups is 1. The number of hydrogen-bond acceptors (Lipinski definition) is 2. The molecule has 1 N–H and O–H groups in total. The normalized spacial score (nSPS) is 11.9. The van der Waals surface area contributed by atoms with Gasteiger partial charge in [-0.05, 0) is 64.7 Å². The predicted octanol–water partition coefficient (Wildman–Crippen LogP) is 5.24. The van der Waals surface area contributed by atoms with E-state index in [1.807, 2.05) is 73.7 Å². The summed E-state index contributed by atoms with van der Waals surface area (Å²) in [6.07, 6.45) is 0.0643. The Morgan fingerprint density at radius 1 is 1.04 bits per heavy atom. The first kappa shape index (κ1) is 16.8. The molecule has 4 heteroatoms. The highest BCUT2D eigenvalue weighted by molar-refractivity contribution is 14.1. The molecule has 3 aromatic carbocycles. The fraction of sp³-hybridized carbons (Fsp3) is 0.150. The van der Waals surface area contributed by atoms with Crippen LogP contribution in [-0.2, 0) is 4.79 Å². The van der Waals surface area contributed by atoms with Gasteiger partial charge in [-0.25, -0.2) is 0 Å². The van der Waals surface area contributed by atoms with Gasteiger partial charge in [0.15, 0.2) is 6.10 Å². The number of benzene rings is 3. The average Bonchev–Trinajstić information content (AvgIpc) is 2.61. The number of nitrogens with one attached hydrogen (secondary N) is 1. The fourth-order valence-corrected chi connectivity index (χ4v) is 2.89. The highest BCUT2D eigenvalue weighted by Gasteiger charge is 2.19. The van der Waals surface area contributed by atoms with Crippen LogP contribution in [-0.4, -0.2) is 12.0 Å². The molecule has 0 unspecified atom stereocenters. The van der Waals surface area contributed by atoms with Gasteiger partial charge in [0.05, 0.1) is 0 Å². The van der Waals surface area contributed by atoms with Crippen molar-refractivity contribution in [3.8, 4) is 5.75 Å². The van der Waals surface area contributed by atoms with Crippen molar-refractivity contribution in [1.29, 1.82) is 0 Å². The molecule has 0 spiro atoms. The molecule has 122 valence electrons. The van der Waals surface area contributed by atoms with Gasteiger partial charge in [0, 0.05) is 14.6 Å². The quantitative estimate of drug-likeness (QED) is 0.562. The van der Waals surface area contributed by atoms with Gasteiger partial charge in [-0.1, -0.05) is 43.3 Å². The topological polar surface area (TPSA) is 38.3 Å². The number of hydrogen-bond donors (Lipinski definition) is 1. The summed E-state index contributed by atoms with van der Waals surface area (Å²) >= 11 is 2.24. The smallest absolute Gasteiger partial charge is 0.265 e. The largest absolute Gasteiger partial charge is 0.480 e. The van der Waals surface area contributed by atoms with Crippen LogP contribution in [0.5, 0.6) is 5.75 Å². The van der Waals surface area contributed by atoms with Crippen LogP contribution in [0, 0.1) is 3.57 Å². The van der Waals surface area contributed by atoms with E-state index in [9.17, 15) is 4.79 Å². The number of carbonyl (C=O) groups excluding carboxylic acids is 1. The first-order valence-electron chi connectivity index (χ1n) is 7.88. The molecule has 3 rings (SSSR count). The zero-order chi connectivity index (χ0) is 16.9. The van der Waals surface area contributed by atoms with Crippen LogP contribution in [0.3, 0.4) is 0 Å². The van der Waals surface area contributed by atoms with Gasteiger partial charge in [-0.2, -0.15) is 0 Å². The highest BCUT2D eigenvalue weighted by Crippen LogP contribution is 2.26. The maximum absolute atomic E-state index is 12.5. The molecule has 0 aliphatic carbocycles. The third kappa shape index (κ3) is 3.87. The lowest BCUT2D eigenvalue weighted by molar-refractivity contribution is -0.122. The molecule has 1 amide bonds. The SMILES string of the molecule is CC[C@H](Oc1cccc2ccccc12)C(=O)Nc1ccc(I)cc1. The minimum absolute atomic E-state index is 0.133. The molecule has 24 heavy (non-hydrogen) atoms. The Kier molecular flexibility index (Phi) is 5.35. The molecular formula is C20H18INO2. The van der Waals surface area contributed by atoms with E-state index in [0.717, 1.165) is 25.8 Å². The lowest BCUT2D eigenvalue weighted by atomic mass is 10.1. The molecule has 0 aliphatic heterocycles. The van der Waals surface area contributed by atoms with Gasteiger partial charge in [-0.15, -0.1) is 0 Å². The van der Waals surface area contributed by atoms with E-state index >= 15 is 0 Å². The summed E-state index contributed by atoms with van der Waals surface area (Å²) in [6, 6.07) is 21.6. The van der Waals surface area contributed by atoms with E-state index in [-0.39, 0.29) is 5.91 Å². The lowest BCUT2D eigenvalue weighted by Gasteiger charge is -2.18. The first-order chi connectivity index (χ1) is 11.7. The lowest BCUT2D eigenvalue weighted by Crippen LogP contribution is -2.32. The monoisotopic (exact) mass is 431 g/mol. The summed E-state index contributed by atoms with van der Waals surface area (Å²) in [4.78, 5) is 12.5. The van der Waals surface area contributed by atoms with Crippen molar-refractivity contribution < 1.29 is 9.53 Å². The van der Waals surface area contributed by atoms with Gasteiger partial charge in [-0.3, -0.25) is 4.79 Å². The minimum atomic E-state index is -0.532. The molecule has 0 fully saturated rings. The average molecular weight is 431 g/mol. The van der Waals surface area contributed by atoms with Crippen LogP contribution in [0.1, 0.15) is 13.3 Å². The zero-order valence-electron chi connectivity index (χ0n) is 13.3. The third-order valence-electron chi connectivity index (χ3n) is 3.79. The second-order valence-corrected chi connectivity index (χ2v) is 6.73. The Morgan fingerprint density at radius 2 is 1.75 bits per heavy atom. The highest BCUT2D eigenvalue weighted by atomic mass is 127. The van der Waals surface area contributed by atoms with E-state index < -0.39 is 6.10 Å². The number of ether oxygens (including phenoxy) is 1. The molecule has 3 nitrogen and oxygen atoms in total. The van der Waals surface area contributed by atoms with Gasteiger partial charge < -0.3 is 10.1 Å². The maximum atomic E-state index is 12.5. The third-order valence-corrected chi connectivity index (χ3v) is 4.51. The van der Waals surface area contributed by atoms with Crippen LogP contribution in [0.15, 0.2) is 66.7 Å². The number of amides is 1. The molecule has 1 atom stereocenters. The summed E-state index contributed by atoms with van der Waals surface area (Å²) in [6.45, 7) is 1.95. The van der Waals surface area contributed by atoms with Crippen molar-refractivity contribution >= 4 is 45.0 Å². The van der Waals surface area contributed by atoms with Crippen molar-refractivity contribution in [2.24, 2.45) is 0 Å².